The van der Waals surface area contributed by atoms with Crippen LogP contribution in [-0.2, 0) is 6.42 Å². The van der Waals surface area contributed by atoms with Gasteiger partial charge in [0, 0.05) is 6.20 Å². The quantitative estimate of drug-likeness (QED) is 0.423. The zero-order valence-electron chi connectivity index (χ0n) is 7.17. The zero-order chi connectivity index (χ0) is 9.84. The standard InChI is InChI=1S/C8H10ClN3O/c1-2-7-6(9)3-5(4-11-7)8(13)12-10/h3-4H,2,10H2,1H3,(H,12,13). The van der Waals surface area contributed by atoms with Crippen LogP contribution in [0.1, 0.15) is 23.0 Å². The minimum absolute atomic E-state index is 0.365. The van der Waals surface area contributed by atoms with Crippen molar-refractivity contribution in [1.82, 2.24) is 10.4 Å². The fourth-order valence-corrected chi connectivity index (χ4v) is 1.23. The molecule has 1 rings (SSSR count). The van der Waals surface area contributed by atoms with E-state index in [0.29, 0.717) is 10.6 Å². The lowest BCUT2D eigenvalue weighted by molar-refractivity contribution is 0.0953. The van der Waals surface area contributed by atoms with Crippen LogP contribution in [0.2, 0.25) is 5.02 Å². The molecular weight excluding hydrogens is 190 g/mol. The number of nitrogens with two attached hydrogens (primary N) is 1. The number of carbonyl (C=O) groups is 1. The minimum atomic E-state index is -0.392. The molecule has 3 N–H and O–H groups in total. The van der Waals surface area contributed by atoms with Crippen LogP contribution in [0.3, 0.4) is 0 Å². The number of nitrogen functional groups attached to an aromatic ring is 1. The molecule has 0 aliphatic carbocycles. The van der Waals surface area contributed by atoms with Gasteiger partial charge in [-0.25, -0.2) is 5.84 Å². The Labute approximate surface area is 81.1 Å². The van der Waals surface area contributed by atoms with Crippen molar-refractivity contribution in [3.63, 3.8) is 0 Å². The highest BCUT2D eigenvalue weighted by Gasteiger charge is 2.06. The monoisotopic (exact) mass is 199 g/mol. The fraction of sp³-hybridized carbons (Fsp3) is 0.250. The zero-order valence-corrected chi connectivity index (χ0v) is 7.93. The molecular formula is C8H10ClN3O. The van der Waals surface area contributed by atoms with Crippen molar-refractivity contribution >= 4 is 17.5 Å². The van der Waals surface area contributed by atoms with Crippen LogP contribution in [0.25, 0.3) is 0 Å². The molecule has 0 aliphatic heterocycles. The third-order valence-corrected chi connectivity index (χ3v) is 1.97. The number of hydrogen-bond donors (Lipinski definition) is 2. The lowest BCUT2D eigenvalue weighted by atomic mass is 10.2. The number of amides is 1. The van der Waals surface area contributed by atoms with Gasteiger partial charge in [-0.1, -0.05) is 18.5 Å². The number of pyridine rings is 1. The maximum absolute atomic E-state index is 11.0. The number of halogens is 1. The fourth-order valence-electron chi connectivity index (χ4n) is 0.934. The second kappa shape index (κ2) is 4.20. The first-order chi connectivity index (χ1) is 6.19. The molecule has 4 nitrogen and oxygen atoms in total. The second-order valence-corrected chi connectivity index (χ2v) is 2.89. The Balaban J connectivity index is 3.02. The Kier molecular flexibility index (Phi) is 3.22. The lowest BCUT2D eigenvalue weighted by Crippen LogP contribution is -2.30. The lowest BCUT2D eigenvalue weighted by Gasteiger charge is -2.02. The van der Waals surface area contributed by atoms with Gasteiger partial charge in [-0.3, -0.25) is 15.2 Å². The SMILES string of the molecule is CCc1ncc(C(=O)NN)cc1Cl. The van der Waals surface area contributed by atoms with Gasteiger partial charge in [0.2, 0.25) is 0 Å². The van der Waals surface area contributed by atoms with Crippen molar-refractivity contribution in [3.8, 4) is 0 Å². The van der Waals surface area contributed by atoms with Crippen LogP contribution >= 0.6 is 11.6 Å². The molecule has 0 saturated carbocycles. The molecule has 13 heavy (non-hydrogen) atoms. The molecule has 0 fully saturated rings. The molecule has 1 aromatic heterocycles. The summed E-state index contributed by atoms with van der Waals surface area (Å²) in [5.41, 5.74) is 3.15. The molecule has 0 atom stereocenters. The highest BCUT2D eigenvalue weighted by atomic mass is 35.5. The number of nitrogens with zero attached hydrogens (tertiary/aromatic N) is 1. The topological polar surface area (TPSA) is 68.0 Å². The number of hydrazine groups is 1. The summed E-state index contributed by atoms with van der Waals surface area (Å²) in [6.07, 6.45) is 2.19. The summed E-state index contributed by atoms with van der Waals surface area (Å²) in [7, 11) is 0. The first-order valence-electron chi connectivity index (χ1n) is 3.84. The number of hydrogen-bond acceptors (Lipinski definition) is 3. The molecule has 0 unspecified atom stereocenters. The molecule has 0 spiro atoms. The Bertz CT molecular complexity index is 327. The maximum Gasteiger partial charge on any atom is 0.266 e. The van der Waals surface area contributed by atoms with Crippen LogP contribution in [-0.4, -0.2) is 10.9 Å². The van der Waals surface area contributed by atoms with Crippen molar-refractivity contribution in [2.75, 3.05) is 0 Å². The predicted molar refractivity (Wildman–Crippen MR) is 50.3 cm³/mol. The van der Waals surface area contributed by atoms with Gasteiger partial charge in [-0.15, -0.1) is 0 Å². The van der Waals surface area contributed by atoms with Crippen LogP contribution in [0.4, 0.5) is 0 Å². The highest BCUT2D eigenvalue weighted by Crippen LogP contribution is 2.15. The van der Waals surface area contributed by atoms with Crippen molar-refractivity contribution < 1.29 is 4.79 Å². The second-order valence-electron chi connectivity index (χ2n) is 2.48. The van der Waals surface area contributed by atoms with E-state index >= 15 is 0 Å². The molecule has 5 heteroatoms. The summed E-state index contributed by atoms with van der Waals surface area (Å²) in [5.74, 6) is 4.56. The van der Waals surface area contributed by atoms with Gasteiger partial charge in [-0.05, 0) is 12.5 Å². The van der Waals surface area contributed by atoms with E-state index in [1.165, 1.54) is 6.20 Å². The van der Waals surface area contributed by atoms with Crippen molar-refractivity contribution in [1.29, 1.82) is 0 Å². The van der Waals surface area contributed by atoms with E-state index in [1.807, 2.05) is 12.3 Å². The van der Waals surface area contributed by atoms with E-state index in [4.69, 9.17) is 17.4 Å². The van der Waals surface area contributed by atoms with Gasteiger partial charge in [0.1, 0.15) is 0 Å². The number of aryl methyl sites for hydroxylation is 1. The van der Waals surface area contributed by atoms with Gasteiger partial charge >= 0.3 is 0 Å². The minimum Gasteiger partial charge on any atom is -0.290 e. The van der Waals surface area contributed by atoms with Crippen molar-refractivity contribution in [2.45, 2.75) is 13.3 Å². The maximum atomic E-state index is 11.0. The van der Waals surface area contributed by atoms with E-state index < -0.39 is 5.91 Å². The number of aromatic nitrogens is 1. The van der Waals surface area contributed by atoms with Crippen LogP contribution in [0, 0.1) is 0 Å². The van der Waals surface area contributed by atoms with Crippen LogP contribution in [0.15, 0.2) is 12.3 Å². The van der Waals surface area contributed by atoms with Crippen LogP contribution < -0.4 is 11.3 Å². The molecule has 1 amide bonds. The van der Waals surface area contributed by atoms with E-state index in [1.54, 1.807) is 6.07 Å². The van der Waals surface area contributed by atoms with Gasteiger partial charge in [0.05, 0.1) is 16.3 Å². The number of rotatable bonds is 2. The molecule has 1 heterocycles. The summed E-state index contributed by atoms with van der Waals surface area (Å²) in [6.45, 7) is 1.94. The average Bonchev–Trinajstić information content (AvgIpc) is 2.16. The predicted octanol–water partition coefficient (Wildman–Crippen LogP) is 0.901. The van der Waals surface area contributed by atoms with Crippen molar-refractivity contribution in [3.05, 3.63) is 28.5 Å². The Hall–Kier alpha value is -1.13. The number of nitrogens with one attached hydrogen (secondary N) is 1. The molecule has 0 aromatic carbocycles. The van der Waals surface area contributed by atoms with E-state index in [9.17, 15) is 4.79 Å². The Morgan fingerprint density at radius 1 is 1.77 bits per heavy atom. The smallest absolute Gasteiger partial charge is 0.266 e. The van der Waals surface area contributed by atoms with E-state index in [-0.39, 0.29) is 0 Å². The molecule has 1 aromatic rings. The first kappa shape index (κ1) is 9.95. The third-order valence-electron chi connectivity index (χ3n) is 1.65. The summed E-state index contributed by atoms with van der Waals surface area (Å²) in [5, 5.41) is 0.489. The summed E-state index contributed by atoms with van der Waals surface area (Å²) in [6, 6.07) is 1.55. The normalized spacial score (nSPS) is 9.77. The molecule has 0 bridgehead atoms. The van der Waals surface area contributed by atoms with Crippen molar-refractivity contribution in [2.24, 2.45) is 5.84 Å². The molecule has 0 radical (unpaired) electrons. The van der Waals surface area contributed by atoms with E-state index in [2.05, 4.69) is 4.98 Å². The van der Waals surface area contributed by atoms with Gasteiger partial charge in [0.25, 0.3) is 5.91 Å². The first-order valence-corrected chi connectivity index (χ1v) is 4.22. The molecule has 0 saturated heterocycles. The Morgan fingerprint density at radius 3 is 2.92 bits per heavy atom. The largest absolute Gasteiger partial charge is 0.290 e. The van der Waals surface area contributed by atoms with E-state index in [0.717, 1.165) is 12.1 Å². The summed E-state index contributed by atoms with van der Waals surface area (Å²) < 4.78 is 0. The van der Waals surface area contributed by atoms with Gasteiger partial charge in [-0.2, -0.15) is 0 Å². The number of carbonyl (C=O) groups excluding carboxylic acids is 1. The molecule has 0 aliphatic rings. The Morgan fingerprint density at radius 2 is 2.46 bits per heavy atom. The summed E-state index contributed by atoms with van der Waals surface area (Å²) >= 11 is 5.85. The van der Waals surface area contributed by atoms with Gasteiger partial charge in [0.15, 0.2) is 0 Å². The molecule has 70 valence electrons. The van der Waals surface area contributed by atoms with Crippen LogP contribution in [0.5, 0.6) is 0 Å². The third kappa shape index (κ3) is 2.17. The average molecular weight is 200 g/mol. The highest BCUT2D eigenvalue weighted by molar-refractivity contribution is 6.31. The summed E-state index contributed by atoms with van der Waals surface area (Å²) in [4.78, 5) is 15.0. The van der Waals surface area contributed by atoms with Gasteiger partial charge < -0.3 is 0 Å².